The molecule has 0 radical (unpaired) electrons. The van der Waals surface area contributed by atoms with E-state index in [0.717, 1.165) is 60.0 Å². The summed E-state index contributed by atoms with van der Waals surface area (Å²) in [5, 5.41) is 0. The molecule has 0 aromatic heterocycles. The van der Waals surface area contributed by atoms with Gasteiger partial charge in [0.25, 0.3) is 0 Å². The van der Waals surface area contributed by atoms with Crippen LogP contribution in [0, 0.1) is 5.41 Å². The fourth-order valence-electron chi connectivity index (χ4n) is 9.22. The molecule has 1 aromatic rings. The molecule has 0 aliphatic carbocycles. The molecule has 2 aliphatic heterocycles. The average molecular weight is 857 g/mol. The van der Waals surface area contributed by atoms with E-state index in [9.17, 15) is 8.42 Å². The predicted octanol–water partition coefficient (Wildman–Crippen LogP) is 10.9. The van der Waals surface area contributed by atoms with Crippen molar-refractivity contribution in [1.82, 2.24) is 0 Å². The number of sulfone groups is 1. The Bertz CT molecular complexity index is 1470. The first-order valence-electron chi connectivity index (χ1n) is 21.8. The van der Waals surface area contributed by atoms with Crippen molar-refractivity contribution in [1.29, 1.82) is 0 Å². The van der Waals surface area contributed by atoms with Crippen LogP contribution in [0.5, 0.6) is 0 Å². The van der Waals surface area contributed by atoms with E-state index < -0.39 is 70.1 Å². The van der Waals surface area contributed by atoms with Crippen LogP contribution in [0.3, 0.4) is 0 Å². The number of methoxy groups -OCH3 is 1. The van der Waals surface area contributed by atoms with Crippen molar-refractivity contribution in [2.24, 2.45) is 5.41 Å². The van der Waals surface area contributed by atoms with Crippen LogP contribution in [0.1, 0.15) is 103 Å². The third-order valence-corrected chi connectivity index (χ3v) is 29.6. The molecule has 0 N–H and O–H groups in total. The fraction of sp³-hybridized carbons (Fsp3) is 0.814. The highest BCUT2D eigenvalue weighted by Gasteiger charge is 2.64. The molecule has 2 heterocycles. The number of benzene rings is 1. The summed E-state index contributed by atoms with van der Waals surface area (Å²) in [7, 11) is -8.84. The quantitative estimate of drug-likeness (QED) is 0.0787. The predicted molar refractivity (Wildman–Crippen MR) is 236 cm³/mol. The van der Waals surface area contributed by atoms with E-state index >= 15 is 0 Å². The van der Waals surface area contributed by atoms with Gasteiger partial charge < -0.3 is 32.2 Å². The van der Waals surface area contributed by atoms with Gasteiger partial charge in [-0.15, -0.1) is 0 Å². The molecule has 2 saturated heterocycles. The Balaban J connectivity index is 2.45. The van der Waals surface area contributed by atoms with Crippen LogP contribution in [-0.2, 0) is 42.1 Å². The zero-order chi connectivity index (χ0) is 42.2. The average Bonchev–Trinajstić information content (AvgIpc) is 3.45. The molecule has 0 saturated carbocycles. The minimum atomic E-state index is -3.79. The van der Waals surface area contributed by atoms with Gasteiger partial charge in [0.2, 0.25) is 5.79 Å². The molecule has 0 amide bonds. The Hall–Kier alpha value is -0.719. The van der Waals surface area contributed by atoms with Crippen LogP contribution in [0.15, 0.2) is 46.9 Å². The summed E-state index contributed by atoms with van der Waals surface area (Å²) in [6.45, 7) is 30.4. The Labute approximate surface area is 345 Å². The van der Waals surface area contributed by atoms with Crippen molar-refractivity contribution in [3.8, 4) is 0 Å². The lowest BCUT2D eigenvalue weighted by atomic mass is 9.74. The summed E-state index contributed by atoms with van der Waals surface area (Å²) in [5.74, 6) is -2.50. The smallest absolute Gasteiger partial charge is 0.203 e. The third kappa shape index (κ3) is 10.8. The maximum absolute atomic E-state index is 14.4. The Morgan fingerprint density at radius 1 is 0.732 bits per heavy atom. The van der Waals surface area contributed by atoms with Gasteiger partial charge in [0.05, 0.1) is 41.7 Å². The molecule has 56 heavy (non-hydrogen) atoms. The zero-order valence-corrected chi connectivity index (χ0v) is 41.7. The second-order valence-corrected chi connectivity index (χ2v) is 33.6. The third-order valence-electron chi connectivity index (χ3n) is 13.7. The summed E-state index contributed by atoms with van der Waals surface area (Å²) < 4.78 is 78.3. The normalized spacial score (nSPS) is 27.3. The Morgan fingerprint density at radius 2 is 1.23 bits per heavy atom. The van der Waals surface area contributed by atoms with E-state index in [1.807, 2.05) is 40.7 Å². The van der Waals surface area contributed by atoms with Gasteiger partial charge in [-0.1, -0.05) is 100 Å². The zero-order valence-electron chi connectivity index (χ0n) is 37.9. The first kappa shape index (κ1) is 49.6. The van der Waals surface area contributed by atoms with Gasteiger partial charge in [-0.2, -0.15) is 0 Å². The van der Waals surface area contributed by atoms with Crippen LogP contribution in [-0.4, -0.2) is 94.9 Å². The van der Waals surface area contributed by atoms with Crippen molar-refractivity contribution in [2.75, 3.05) is 19.5 Å². The molecule has 0 unspecified atom stereocenters. The number of ether oxygens (including phenoxy) is 4. The van der Waals surface area contributed by atoms with E-state index in [1.54, 1.807) is 31.4 Å². The first-order valence-corrected chi connectivity index (χ1v) is 31.1. The molecule has 2 aliphatic rings. The summed E-state index contributed by atoms with van der Waals surface area (Å²) >= 11 is 0. The fourth-order valence-corrected chi connectivity index (χ4v) is 19.3. The topological polar surface area (TPSA) is 98.8 Å². The van der Waals surface area contributed by atoms with Crippen molar-refractivity contribution < 1.29 is 40.6 Å². The minimum Gasteiger partial charge on any atom is -0.413 e. The van der Waals surface area contributed by atoms with Gasteiger partial charge in [0.15, 0.2) is 40.6 Å². The molecule has 13 heteroatoms. The second kappa shape index (κ2) is 20.2. The summed E-state index contributed by atoms with van der Waals surface area (Å²) in [4.78, 5) is 0.270. The lowest BCUT2D eigenvalue weighted by Crippen LogP contribution is -2.70. The molecule has 0 spiro atoms. The van der Waals surface area contributed by atoms with Gasteiger partial charge >= 0.3 is 0 Å². The van der Waals surface area contributed by atoms with Gasteiger partial charge in [-0.3, -0.25) is 0 Å². The molecule has 324 valence electrons. The number of hydrogen-bond donors (Lipinski definition) is 0. The molecule has 3 rings (SSSR count). The van der Waals surface area contributed by atoms with Gasteiger partial charge in [-0.25, -0.2) is 8.42 Å². The Morgan fingerprint density at radius 3 is 1.68 bits per heavy atom. The van der Waals surface area contributed by atoms with Gasteiger partial charge in [0.1, 0.15) is 6.10 Å². The molecule has 0 bridgehead atoms. The van der Waals surface area contributed by atoms with Crippen LogP contribution in [0.2, 0.25) is 54.4 Å². The molecule has 9 nitrogen and oxygen atoms in total. The number of rotatable bonds is 23. The van der Waals surface area contributed by atoms with Crippen LogP contribution >= 0.6 is 0 Å². The molecule has 2 fully saturated rings. The largest absolute Gasteiger partial charge is 0.413 e. The minimum absolute atomic E-state index is 0.196. The van der Waals surface area contributed by atoms with Crippen molar-refractivity contribution in [3.63, 3.8) is 0 Å². The second-order valence-electron chi connectivity index (χ2n) is 17.4. The highest BCUT2D eigenvalue weighted by Crippen LogP contribution is 2.52. The van der Waals surface area contributed by atoms with E-state index in [0.29, 0.717) is 13.0 Å². The Kier molecular flexibility index (Phi) is 17.9. The summed E-state index contributed by atoms with van der Waals surface area (Å²) in [6, 6.07) is 17.3. The standard InChI is InChI=1S/C43H80O9SSi3/c1-16-54(17-2,18-3)47-31-30-36-39(51-55(19-4,20-5)21-6)38(32-37-34(10)48-42(13,14)49-37)50-43(46-15,40(36)52-56(22-7,23-8)24-9)41(11,12)33-53(44,45)35-28-26-25-27-29-35/h25-30,34,37-40H,16-24,31-33H2,1-15H3/b36-30+/t34-,37-,38-,39+,40+,43-/m1/s1. The monoisotopic (exact) mass is 856 g/mol. The SMILES string of the molecule is CC[Si](CC)(CC)OC/C=C1\[C@H](O[Si](CC)(CC)CC)[C@@H](C[C@H]2OC(C)(C)O[C@@H]2C)O[C@@](OC)(C(C)(C)CS(=O)(=O)c2ccccc2)[C@H]1O[Si](CC)(CC)CC. The maximum atomic E-state index is 14.4. The molecular formula is C43H80O9SSi3. The number of hydrogen-bond acceptors (Lipinski definition) is 9. The van der Waals surface area contributed by atoms with Crippen molar-refractivity contribution in [2.45, 2.75) is 205 Å². The van der Waals surface area contributed by atoms with Crippen LogP contribution < -0.4 is 0 Å². The van der Waals surface area contributed by atoms with Crippen LogP contribution in [0.4, 0.5) is 0 Å². The lowest BCUT2D eigenvalue weighted by molar-refractivity contribution is -0.350. The van der Waals surface area contributed by atoms with Crippen LogP contribution in [0.25, 0.3) is 0 Å². The summed E-state index contributed by atoms with van der Waals surface area (Å²) in [5.41, 5.74) is -0.161. The highest BCUT2D eigenvalue weighted by atomic mass is 32.2. The van der Waals surface area contributed by atoms with Gasteiger partial charge in [0, 0.05) is 18.9 Å². The van der Waals surface area contributed by atoms with E-state index in [2.05, 4.69) is 68.4 Å². The molecule has 6 atom stereocenters. The maximum Gasteiger partial charge on any atom is 0.203 e. The van der Waals surface area contributed by atoms with Gasteiger partial charge in [-0.05, 0) is 92.9 Å². The lowest BCUT2D eigenvalue weighted by Gasteiger charge is -2.58. The van der Waals surface area contributed by atoms with Crippen molar-refractivity contribution >= 4 is 34.8 Å². The molecule has 1 aromatic carbocycles. The summed E-state index contributed by atoms with van der Waals surface area (Å²) in [6.07, 6.45) is 0.396. The van der Waals surface area contributed by atoms with E-state index in [4.69, 9.17) is 32.2 Å². The van der Waals surface area contributed by atoms with E-state index in [1.165, 1.54) is 0 Å². The molecular weight excluding hydrogens is 777 g/mol. The highest BCUT2D eigenvalue weighted by molar-refractivity contribution is 7.91. The van der Waals surface area contributed by atoms with E-state index in [-0.39, 0.29) is 22.9 Å². The van der Waals surface area contributed by atoms with Crippen molar-refractivity contribution in [3.05, 3.63) is 42.0 Å². The first-order chi connectivity index (χ1) is 26.3.